The Morgan fingerprint density at radius 3 is 2.11 bits per heavy atom. The molecule has 0 bridgehead atoms. The van der Waals surface area contributed by atoms with Gasteiger partial charge in [-0.05, 0) is 53.4 Å². The van der Waals surface area contributed by atoms with Gasteiger partial charge in [0.15, 0.2) is 0 Å². The average Bonchev–Trinajstić information content (AvgIpc) is 2.23. The van der Waals surface area contributed by atoms with Crippen molar-refractivity contribution in [2.45, 2.75) is 58.0 Å². The molecule has 102 valence electrons. The smallest absolute Gasteiger partial charge is 0.0701 e. The lowest BCUT2D eigenvalue weighted by molar-refractivity contribution is 0.917. The van der Waals surface area contributed by atoms with Crippen molar-refractivity contribution in [3.63, 3.8) is 0 Å². The van der Waals surface area contributed by atoms with Crippen LogP contribution in [0, 0.1) is 0 Å². The second-order valence-corrected chi connectivity index (χ2v) is 8.17. The van der Waals surface area contributed by atoms with Gasteiger partial charge in [-0.1, -0.05) is 34.9 Å². The Bertz CT molecular complexity index is 329. The zero-order valence-electron chi connectivity index (χ0n) is 12.2. The molecule has 1 aliphatic rings. The zero-order chi connectivity index (χ0) is 13.4. The van der Waals surface area contributed by atoms with Crippen LogP contribution in [0.1, 0.15) is 53.4 Å². The Morgan fingerprint density at radius 1 is 0.944 bits per heavy atom. The van der Waals surface area contributed by atoms with E-state index in [-0.39, 0.29) is 0 Å². The predicted octanol–water partition coefficient (Wildman–Crippen LogP) is 6.17. The van der Waals surface area contributed by atoms with Gasteiger partial charge >= 0.3 is 0 Å². The molecule has 18 heavy (non-hydrogen) atoms. The molecule has 0 aromatic heterocycles. The van der Waals surface area contributed by atoms with Gasteiger partial charge in [0.1, 0.15) is 0 Å². The first-order valence-corrected chi connectivity index (χ1v) is 8.87. The molecule has 1 heterocycles. The fraction of sp³-hybridized carbons (Fsp3) is 0.625. The van der Waals surface area contributed by atoms with E-state index in [4.69, 9.17) is 0 Å². The van der Waals surface area contributed by atoms with Crippen LogP contribution < -0.4 is 0 Å². The Labute approximate surface area is 121 Å². The lowest BCUT2D eigenvalue weighted by Gasteiger charge is -2.21. The molecule has 0 saturated carbocycles. The first-order chi connectivity index (χ1) is 8.58. The third-order valence-corrected chi connectivity index (χ3v) is 5.84. The normalized spacial score (nSPS) is 17.6. The van der Waals surface area contributed by atoms with Crippen molar-refractivity contribution in [2.75, 3.05) is 5.08 Å². The Morgan fingerprint density at radius 2 is 1.56 bits per heavy atom. The van der Waals surface area contributed by atoms with E-state index in [9.17, 15) is 0 Å². The third kappa shape index (κ3) is 7.38. The summed E-state index contributed by atoms with van der Waals surface area (Å²) in [5.74, 6) is 0. The van der Waals surface area contributed by atoms with E-state index < -0.39 is 0 Å². The van der Waals surface area contributed by atoms with Gasteiger partial charge in [-0.15, -0.1) is 23.5 Å². The monoisotopic (exact) mass is 282 g/mol. The molecule has 0 unspecified atom stereocenters. The maximum Gasteiger partial charge on any atom is 0.0701 e. The van der Waals surface area contributed by atoms with E-state index >= 15 is 0 Å². The van der Waals surface area contributed by atoms with Crippen molar-refractivity contribution >= 4 is 23.5 Å². The second-order valence-electron chi connectivity index (χ2n) is 5.24. The summed E-state index contributed by atoms with van der Waals surface area (Å²) in [6.45, 7) is 8.87. The number of rotatable bonds is 7. The van der Waals surface area contributed by atoms with Gasteiger partial charge in [0.2, 0.25) is 0 Å². The van der Waals surface area contributed by atoms with Crippen LogP contribution >= 0.6 is 23.5 Å². The molecule has 1 fully saturated rings. The number of hydrogen-bond donors (Lipinski definition) is 0. The molecule has 0 aromatic carbocycles. The lowest BCUT2D eigenvalue weighted by Crippen LogP contribution is -2.04. The van der Waals surface area contributed by atoms with Crippen LogP contribution in [0.25, 0.3) is 0 Å². The topological polar surface area (TPSA) is 0 Å². The van der Waals surface area contributed by atoms with Gasteiger partial charge in [-0.25, -0.2) is 0 Å². The van der Waals surface area contributed by atoms with E-state index in [2.05, 4.69) is 69.4 Å². The molecule has 1 rings (SSSR count). The van der Waals surface area contributed by atoms with Crippen LogP contribution in [0.5, 0.6) is 0 Å². The number of thioether (sulfide) groups is 2. The molecule has 0 spiro atoms. The summed E-state index contributed by atoms with van der Waals surface area (Å²) in [7, 11) is 0. The quantitative estimate of drug-likeness (QED) is 0.512. The van der Waals surface area contributed by atoms with Gasteiger partial charge in [0.25, 0.3) is 0 Å². The Balaban J connectivity index is 2.17. The first kappa shape index (κ1) is 16.0. The average molecular weight is 283 g/mol. The maximum absolute atomic E-state index is 2.44. The summed E-state index contributed by atoms with van der Waals surface area (Å²) in [6, 6.07) is 0. The molecule has 0 aromatic rings. The van der Waals surface area contributed by atoms with Crippen molar-refractivity contribution in [1.82, 2.24) is 0 Å². The molecule has 2 heteroatoms. The van der Waals surface area contributed by atoms with Crippen molar-refractivity contribution in [1.29, 1.82) is 0 Å². The van der Waals surface area contributed by atoms with Gasteiger partial charge in [0, 0.05) is 5.08 Å². The summed E-state index contributed by atoms with van der Waals surface area (Å²) in [4.78, 5) is 0. The zero-order valence-corrected chi connectivity index (χ0v) is 13.8. The van der Waals surface area contributed by atoms with E-state index in [1.165, 1.54) is 41.9 Å². The summed E-state index contributed by atoms with van der Waals surface area (Å²) in [6.07, 6.45) is 12.0. The Hall–Kier alpha value is -0.0800. The molecule has 0 amide bonds. The van der Waals surface area contributed by atoms with Gasteiger partial charge < -0.3 is 0 Å². The van der Waals surface area contributed by atoms with Crippen LogP contribution in [-0.2, 0) is 0 Å². The van der Waals surface area contributed by atoms with Crippen molar-refractivity contribution in [3.8, 4) is 0 Å². The van der Waals surface area contributed by atoms with Crippen molar-refractivity contribution in [2.24, 2.45) is 0 Å². The second kappa shape index (κ2) is 8.92. The van der Waals surface area contributed by atoms with Crippen molar-refractivity contribution in [3.05, 3.63) is 34.9 Å². The molecule has 0 N–H and O–H groups in total. The summed E-state index contributed by atoms with van der Waals surface area (Å²) in [5, 5.41) is 1.28. The van der Waals surface area contributed by atoms with E-state index in [0.29, 0.717) is 0 Å². The van der Waals surface area contributed by atoms with E-state index in [1.807, 2.05) is 0 Å². The van der Waals surface area contributed by atoms with Gasteiger partial charge in [-0.2, -0.15) is 0 Å². The molecule has 0 nitrogen and oxygen atoms in total. The molecule has 0 atom stereocenters. The Kier molecular flexibility index (Phi) is 7.92. The molecule has 0 radical (unpaired) electrons. The first-order valence-electron chi connectivity index (χ1n) is 6.77. The predicted molar refractivity (Wildman–Crippen MR) is 89.3 cm³/mol. The minimum atomic E-state index is 0.743. The van der Waals surface area contributed by atoms with Gasteiger partial charge in [-0.3, -0.25) is 0 Å². The van der Waals surface area contributed by atoms with E-state index in [1.54, 1.807) is 5.57 Å². The SMILES string of the molecule is CC(C)=CCC/C(C)=C/CC/C(C)=C/C1SCS1. The lowest BCUT2D eigenvalue weighted by atomic mass is 10.1. The van der Waals surface area contributed by atoms with Crippen LogP contribution in [0.3, 0.4) is 0 Å². The highest BCUT2D eigenvalue weighted by molar-refractivity contribution is 8.32. The highest BCUT2D eigenvalue weighted by Crippen LogP contribution is 2.40. The van der Waals surface area contributed by atoms with Crippen LogP contribution in [0.2, 0.25) is 0 Å². The third-order valence-electron chi connectivity index (χ3n) is 3.01. The molecular formula is C16H26S2. The molecular weight excluding hydrogens is 256 g/mol. The van der Waals surface area contributed by atoms with Gasteiger partial charge in [0.05, 0.1) is 4.58 Å². The fourth-order valence-corrected chi connectivity index (χ4v) is 3.63. The highest BCUT2D eigenvalue weighted by atomic mass is 32.3. The molecule has 1 aliphatic heterocycles. The number of hydrogen-bond acceptors (Lipinski definition) is 2. The molecule has 0 aliphatic carbocycles. The highest BCUT2D eigenvalue weighted by Gasteiger charge is 2.15. The van der Waals surface area contributed by atoms with Crippen LogP contribution in [0.4, 0.5) is 0 Å². The van der Waals surface area contributed by atoms with E-state index in [0.717, 1.165) is 4.58 Å². The molecule has 1 saturated heterocycles. The summed E-state index contributed by atoms with van der Waals surface area (Å²) >= 11 is 4.10. The standard InChI is InChI=1S/C16H26S2/c1-13(2)7-5-8-14(3)9-6-10-15(4)11-16-17-12-18-16/h7,9,11,16H,5-6,8,10,12H2,1-4H3/b14-9+,15-11+. The minimum Gasteiger partial charge on any atom is -0.132 e. The van der Waals surface area contributed by atoms with Crippen molar-refractivity contribution < 1.29 is 0 Å². The fourth-order valence-electron chi connectivity index (χ4n) is 1.80. The maximum atomic E-state index is 2.44. The van der Waals surface area contributed by atoms with Crippen LogP contribution in [-0.4, -0.2) is 9.67 Å². The summed E-state index contributed by atoms with van der Waals surface area (Å²) in [5.41, 5.74) is 4.51. The number of allylic oxidation sites excluding steroid dienone is 5. The minimum absolute atomic E-state index is 0.743. The summed E-state index contributed by atoms with van der Waals surface area (Å²) < 4.78 is 0.743. The van der Waals surface area contributed by atoms with Crippen LogP contribution in [0.15, 0.2) is 34.9 Å². The largest absolute Gasteiger partial charge is 0.132 e.